The summed E-state index contributed by atoms with van der Waals surface area (Å²) < 4.78 is 13.8. The molecule has 1 aromatic carbocycles. The van der Waals surface area contributed by atoms with E-state index in [2.05, 4.69) is 15.0 Å². The fourth-order valence-electron chi connectivity index (χ4n) is 2.02. The Labute approximate surface area is 91.3 Å². The lowest BCUT2D eigenvalue weighted by Gasteiger charge is -2.05. The molecule has 3 rings (SSSR count). The number of aromatic amines is 1. The fourth-order valence-corrected chi connectivity index (χ4v) is 2.02. The van der Waals surface area contributed by atoms with Crippen molar-refractivity contribution in [3.05, 3.63) is 35.4 Å². The molecule has 1 N–H and O–H groups in total. The van der Waals surface area contributed by atoms with Gasteiger partial charge in [-0.2, -0.15) is 0 Å². The number of fused-ring (bicyclic) bond motifs is 2. The van der Waals surface area contributed by atoms with E-state index in [1.807, 2.05) is 19.9 Å². The molecule has 0 saturated heterocycles. The van der Waals surface area contributed by atoms with Gasteiger partial charge in [-0.15, -0.1) is 0 Å². The molecule has 0 radical (unpaired) electrons. The summed E-state index contributed by atoms with van der Waals surface area (Å²) in [5.41, 5.74) is 3.71. The minimum Gasteiger partial charge on any atom is -0.343 e. The Kier molecular flexibility index (Phi) is 1.74. The van der Waals surface area contributed by atoms with Gasteiger partial charge in [0.15, 0.2) is 5.65 Å². The number of hydrogen-bond acceptors (Lipinski definition) is 2. The highest BCUT2D eigenvalue weighted by atomic mass is 19.1. The van der Waals surface area contributed by atoms with E-state index in [0.717, 1.165) is 22.0 Å². The largest absolute Gasteiger partial charge is 0.343 e. The molecule has 3 aromatic rings. The van der Waals surface area contributed by atoms with Gasteiger partial charge >= 0.3 is 0 Å². The number of nitrogens with zero attached hydrogens (tertiary/aromatic N) is 2. The number of hydrogen-bond donors (Lipinski definition) is 1. The highest BCUT2D eigenvalue weighted by Crippen LogP contribution is 2.25. The van der Waals surface area contributed by atoms with E-state index in [4.69, 9.17) is 0 Å². The van der Waals surface area contributed by atoms with Crippen LogP contribution in [0.25, 0.3) is 22.1 Å². The number of pyridine rings is 1. The molecule has 0 aliphatic carbocycles. The number of rotatable bonds is 0. The number of aryl methyl sites for hydroxylation is 2. The van der Waals surface area contributed by atoms with Gasteiger partial charge in [-0.25, -0.2) is 14.4 Å². The molecule has 0 amide bonds. The second-order valence-electron chi connectivity index (χ2n) is 3.98. The van der Waals surface area contributed by atoms with Crippen LogP contribution in [0.15, 0.2) is 18.5 Å². The highest BCUT2D eigenvalue weighted by Gasteiger charge is 2.11. The van der Waals surface area contributed by atoms with E-state index in [-0.39, 0.29) is 5.82 Å². The molecule has 2 heterocycles. The maximum absolute atomic E-state index is 13.8. The van der Waals surface area contributed by atoms with Crippen molar-refractivity contribution in [1.82, 2.24) is 15.0 Å². The Balaban J connectivity index is 2.61. The zero-order valence-electron chi connectivity index (χ0n) is 9.00. The summed E-state index contributed by atoms with van der Waals surface area (Å²) in [5.74, 6) is -0.289. The summed E-state index contributed by atoms with van der Waals surface area (Å²) in [6.45, 7) is 3.82. The standard InChI is InChI=1S/C12H10FN3/c1-6-3-8-7(2)10-12(15-5-14-10)16-11(8)9(13)4-6/h3-5H,1-2H3,(H,14,15,16). The first-order valence-electron chi connectivity index (χ1n) is 5.06. The van der Waals surface area contributed by atoms with E-state index < -0.39 is 0 Å². The highest BCUT2D eigenvalue weighted by molar-refractivity contribution is 5.94. The van der Waals surface area contributed by atoms with Crippen LogP contribution in [0.1, 0.15) is 11.1 Å². The molecule has 4 heteroatoms. The molecular formula is C12H10FN3. The number of nitrogens with one attached hydrogen (secondary N) is 1. The lowest BCUT2D eigenvalue weighted by Crippen LogP contribution is -1.91. The molecule has 3 nitrogen and oxygen atoms in total. The van der Waals surface area contributed by atoms with Crippen molar-refractivity contribution >= 4 is 22.1 Å². The average Bonchev–Trinajstić information content (AvgIpc) is 2.68. The first-order valence-corrected chi connectivity index (χ1v) is 5.06. The second kappa shape index (κ2) is 3.01. The molecular weight excluding hydrogens is 205 g/mol. The van der Waals surface area contributed by atoms with Crippen molar-refractivity contribution in [3.8, 4) is 0 Å². The summed E-state index contributed by atoms with van der Waals surface area (Å²) in [6.07, 6.45) is 1.58. The summed E-state index contributed by atoms with van der Waals surface area (Å²) in [7, 11) is 0. The van der Waals surface area contributed by atoms with Gasteiger partial charge in [-0.3, -0.25) is 0 Å². The molecule has 0 saturated carbocycles. The van der Waals surface area contributed by atoms with Gasteiger partial charge in [0.1, 0.15) is 11.3 Å². The minimum absolute atomic E-state index is 0.289. The van der Waals surface area contributed by atoms with Crippen LogP contribution in [0, 0.1) is 19.7 Å². The van der Waals surface area contributed by atoms with Gasteiger partial charge in [0.25, 0.3) is 0 Å². The Morgan fingerprint density at radius 2 is 2.06 bits per heavy atom. The van der Waals surface area contributed by atoms with E-state index in [1.54, 1.807) is 6.33 Å². The van der Waals surface area contributed by atoms with Gasteiger partial charge < -0.3 is 4.98 Å². The van der Waals surface area contributed by atoms with Crippen molar-refractivity contribution in [1.29, 1.82) is 0 Å². The Morgan fingerprint density at radius 3 is 2.88 bits per heavy atom. The molecule has 0 aliphatic heterocycles. The summed E-state index contributed by atoms with van der Waals surface area (Å²) >= 11 is 0. The van der Waals surface area contributed by atoms with Crippen LogP contribution in [-0.4, -0.2) is 15.0 Å². The monoisotopic (exact) mass is 215 g/mol. The van der Waals surface area contributed by atoms with Crippen LogP contribution in [0.5, 0.6) is 0 Å². The lowest BCUT2D eigenvalue weighted by molar-refractivity contribution is 0.636. The molecule has 0 atom stereocenters. The number of benzene rings is 1. The number of imidazole rings is 1. The Bertz CT molecular complexity index is 700. The molecule has 16 heavy (non-hydrogen) atoms. The number of H-pyrrole nitrogens is 1. The van der Waals surface area contributed by atoms with E-state index >= 15 is 0 Å². The van der Waals surface area contributed by atoms with Gasteiger partial charge in [0.2, 0.25) is 0 Å². The SMILES string of the molecule is Cc1cc(F)c2nc3nc[nH]c3c(C)c2c1. The fraction of sp³-hybridized carbons (Fsp3) is 0.167. The maximum Gasteiger partial charge on any atom is 0.178 e. The van der Waals surface area contributed by atoms with Crippen molar-refractivity contribution in [2.75, 3.05) is 0 Å². The van der Waals surface area contributed by atoms with Gasteiger partial charge in [0.05, 0.1) is 11.8 Å². The zero-order chi connectivity index (χ0) is 11.3. The summed E-state index contributed by atoms with van der Waals surface area (Å²) in [5, 5.41) is 0.842. The van der Waals surface area contributed by atoms with Gasteiger partial charge in [0, 0.05) is 5.39 Å². The molecule has 0 spiro atoms. The summed E-state index contributed by atoms with van der Waals surface area (Å²) in [6, 6.07) is 3.44. The van der Waals surface area contributed by atoms with E-state index in [1.165, 1.54) is 6.07 Å². The van der Waals surface area contributed by atoms with Crippen molar-refractivity contribution < 1.29 is 4.39 Å². The van der Waals surface area contributed by atoms with Crippen molar-refractivity contribution in [2.45, 2.75) is 13.8 Å². The third kappa shape index (κ3) is 1.13. The normalized spacial score (nSPS) is 11.4. The summed E-state index contributed by atoms with van der Waals surface area (Å²) in [4.78, 5) is 11.3. The Morgan fingerprint density at radius 1 is 1.25 bits per heavy atom. The predicted octanol–water partition coefficient (Wildman–Crippen LogP) is 2.87. The van der Waals surface area contributed by atoms with Crippen LogP contribution in [-0.2, 0) is 0 Å². The molecule has 0 bridgehead atoms. The van der Waals surface area contributed by atoms with Crippen LogP contribution in [0.4, 0.5) is 4.39 Å². The van der Waals surface area contributed by atoms with Crippen LogP contribution < -0.4 is 0 Å². The molecule has 80 valence electrons. The van der Waals surface area contributed by atoms with Crippen molar-refractivity contribution in [3.63, 3.8) is 0 Å². The molecule has 0 unspecified atom stereocenters. The molecule has 0 aliphatic rings. The minimum atomic E-state index is -0.289. The zero-order valence-corrected chi connectivity index (χ0v) is 9.00. The van der Waals surface area contributed by atoms with Crippen molar-refractivity contribution in [2.24, 2.45) is 0 Å². The van der Waals surface area contributed by atoms with Crippen LogP contribution in [0.2, 0.25) is 0 Å². The Hall–Kier alpha value is -1.97. The lowest BCUT2D eigenvalue weighted by atomic mass is 10.1. The van der Waals surface area contributed by atoms with Gasteiger partial charge in [-0.05, 0) is 37.1 Å². The average molecular weight is 215 g/mol. The third-order valence-electron chi connectivity index (χ3n) is 2.82. The quantitative estimate of drug-likeness (QED) is 0.626. The molecule has 0 fully saturated rings. The smallest absolute Gasteiger partial charge is 0.178 e. The van der Waals surface area contributed by atoms with Crippen LogP contribution >= 0.6 is 0 Å². The first kappa shape index (κ1) is 9.27. The topological polar surface area (TPSA) is 41.6 Å². The third-order valence-corrected chi connectivity index (χ3v) is 2.82. The van der Waals surface area contributed by atoms with Gasteiger partial charge in [-0.1, -0.05) is 0 Å². The van der Waals surface area contributed by atoms with Crippen LogP contribution in [0.3, 0.4) is 0 Å². The number of halogens is 1. The second-order valence-corrected chi connectivity index (χ2v) is 3.98. The first-order chi connectivity index (χ1) is 7.66. The van der Waals surface area contributed by atoms with E-state index in [9.17, 15) is 4.39 Å². The maximum atomic E-state index is 13.8. The molecule has 2 aromatic heterocycles. The number of aromatic nitrogens is 3. The predicted molar refractivity (Wildman–Crippen MR) is 60.8 cm³/mol. The van der Waals surface area contributed by atoms with E-state index in [0.29, 0.717) is 11.2 Å².